The zero-order valence-corrected chi connectivity index (χ0v) is 9.84. The maximum atomic E-state index is 11.9. The summed E-state index contributed by atoms with van der Waals surface area (Å²) in [4.78, 5) is 22.3. The molecule has 5 nitrogen and oxygen atoms in total. The van der Waals surface area contributed by atoms with Crippen molar-refractivity contribution in [1.82, 2.24) is 5.32 Å². The SMILES string of the molecule is CCNC(=O)c1ccc([N+](=O)[O-])c2ccccc12. The highest BCUT2D eigenvalue weighted by atomic mass is 16.6. The molecule has 0 aliphatic rings. The van der Waals surface area contributed by atoms with Crippen LogP contribution >= 0.6 is 0 Å². The molecule has 0 heterocycles. The van der Waals surface area contributed by atoms with Gasteiger partial charge in [0.15, 0.2) is 0 Å². The molecule has 0 spiro atoms. The Kier molecular flexibility index (Phi) is 3.23. The number of fused-ring (bicyclic) bond motifs is 1. The highest BCUT2D eigenvalue weighted by Crippen LogP contribution is 2.28. The van der Waals surface area contributed by atoms with Crippen LogP contribution < -0.4 is 5.32 Å². The second kappa shape index (κ2) is 4.83. The predicted octanol–water partition coefficient (Wildman–Crippen LogP) is 2.50. The first-order chi connectivity index (χ1) is 8.65. The number of hydrogen-bond donors (Lipinski definition) is 1. The van der Waals surface area contributed by atoms with Gasteiger partial charge < -0.3 is 5.32 Å². The van der Waals surface area contributed by atoms with Gasteiger partial charge in [-0.15, -0.1) is 0 Å². The van der Waals surface area contributed by atoms with E-state index in [4.69, 9.17) is 0 Å². The van der Waals surface area contributed by atoms with Gasteiger partial charge in [0, 0.05) is 23.6 Å². The molecule has 5 heteroatoms. The lowest BCUT2D eigenvalue weighted by Gasteiger charge is -2.06. The van der Waals surface area contributed by atoms with Gasteiger partial charge in [-0.25, -0.2) is 0 Å². The Bertz CT molecular complexity index is 623. The maximum absolute atomic E-state index is 11.9. The number of nitro benzene ring substituents is 1. The van der Waals surface area contributed by atoms with E-state index in [0.29, 0.717) is 22.9 Å². The number of non-ortho nitro benzene ring substituents is 1. The lowest BCUT2D eigenvalue weighted by molar-refractivity contribution is -0.383. The first-order valence-electron chi connectivity index (χ1n) is 5.59. The average molecular weight is 244 g/mol. The molecule has 18 heavy (non-hydrogen) atoms. The molecule has 2 aromatic carbocycles. The molecule has 0 radical (unpaired) electrons. The summed E-state index contributed by atoms with van der Waals surface area (Å²) in [6.45, 7) is 2.34. The molecule has 1 amide bonds. The van der Waals surface area contributed by atoms with E-state index in [9.17, 15) is 14.9 Å². The number of carbonyl (C=O) groups excluding carboxylic acids is 1. The lowest BCUT2D eigenvalue weighted by Crippen LogP contribution is -2.22. The molecule has 1 N–H and O–H groups in total. The molecular weight excluding hydrogens is 232 g/mol. The molecule has 0 bridgehead atoms. The van der Waals surface area contributed by atoms with Crippen LogP contribution in [0, 0.1) is 10.1 Å². The fourth-order valence-corrected chi connectivity index (χ4v) is 1.90. The third kappa shape index (κ3) is 2.02. The van der Waals surface area contributed by atoms with E-state index in [-0.39, 0.29) is 11.6 Å². The average Bonchev–Trinajstić information content (AvgIpc) is 2.37. The molecule has 0 aliphatic carbocycles. The summed E-state index contributed by atoms with van der Waals surface area (Å²) in [6, 6.07) is 9.70. The Morgan fingerprint density at radius 2 is 1.89 bits per heavy atom. The molecule has 2 rings (SSSR count). The van der Waals surface area contributed by atoms with Crippen LogP contribution in [-0.2, 0) is 0 Å². The van der Waals surface area contributed by atoms with E-state index in [1.54, 1.807) is 24.3 Å². The fraction of sp³-hybridized carbons (Fsp3) is 0.154. The molecule has 0 aromatic heterocycles. The first-order valence-corrected chi connectivity index (χ1v) is 5.59. The van der Waals surface area contributed by atoms with Crippen LogP contribution in [0.25, 0.3) is 10.8 Å². The second-order valence-corrected chi connectivity index (χ2v) is 3.79. The Morgan fingerprint density at radius 1 is 1.22 bits per heavy atom. The van der Waals surface area contributed by atoms with Crippen LogP contribution in [0.4, 0.5) is 5.69 Å². The molecule has 0 aliphatic heterocycles. The fourth-order valence-electron chi connectivity index (χ4n) is 1.90. The highest BCUT2D eigenvalue weighted by molar-refractivity contribution is 6.09. The summed E-state index contributed by atoms with van der Waals surface area (Å²) in [5, 5.41) is 14.7. The third-order valence-corrected chi connectivity index (χ3v) is 2.68. The van der Waals surface area contributed by atoms with Crippen molar-refractivity contribution < 1.29 is 9.72 Å². The van der Waals surface area contributed by atoms with Gasteiger partial charge in [0.2, 0.25) is 0 Å². The molecule has 0 saturated carbocycles. The summed E-state index contributed by atoms with van der Waals surface area (Å²) < 4.78 is 0. The zero-order valence-electron chi connectivity index (χ0n) is 9.84. The quantitative estimate of drug-likeness (QED) is 0.666. The number of rotatable bonds is 3. The predicted molar refractivity (Wildman–Crippen MR) is 68.6 cm³/mol. The minimum absolute atomic E-state index is 0.0126. The van der Waals surface area contributed by atoms with Gasteiger partial charge in [-0.1, -0.05) is 18.2 Å². The van der Waals surface area contributed by atoms with Gasteiger partial charge in [0.25, 0.3) is 11.6 Å². The second-order valence-electron chi connectivity index (χ2n) is 3.79. The number of amides is 1. The summed E-state index contributed by atoms with van der Waals surface area (Å²) >= 11 is 0. The highest BCUT2D eigenvalue weighted by Gasteiger charge is 2.16. The normalized spacial score (nSPS) is 10.3. The first kappa shape index (κ1) is 12.0. The summed E-state index contributed by atoms with van der Waals surface area (Å²) in [5.74, 6) is -0.219. The van der Waals surface area contributed by atoms with E-state index in [1.807, 2.05) is 6.92 Å². The van der Waals surface area contributed by atoms with Crippen molar-refractivity contribution in [3.63, 3.8) is 0 Å². The van der Waals surface area contributed by atoms with E-state index >= 15 is 0 Å². The van der Waals surface area contributed by atoms with Gasteiger partial charge in [-0.2, -0.15) is 0 Å². The zero-order chi connectivity index (χ0) is 13.1. The van der Waals surface area contributed by atoms with Crippen LogP contribution in [0.5, 0.6) is 0 Å². The minimum Gasteiger partial charge on any atom is -0.352 e. The number of nitrogens with one attached hydrogen (secondary N) is 1. The lowest BCUT2D eigenvalue weighted by atomic mass is 10.0. The van der Waals surface area contributed by atoms with Crippen molar-refractivity contribution >= 4 is 22.4 Å². The number of carbonyl (C=O) groups is 1. The maximum Gasteiger partial charge on any atom is 0.277 e. The van der Waals surface area contributed by atoms with Crippen LogP contribution in [-0.4, -0.2) is 17.4 Å². The van der Waals surface area contributed by atoms with E-state index in [2.05, 4.69) is 5.32 Å². The van der Waals surface area contributed by atoms with Crippen molar-refractivity contribution in [2.24, 2.45) is 0 Å². The molecule has 92 valence electrons. The van der Waals surface area contributed by atoms with Crippen molar-refractivity contribution in [1.29, 1.82) is 0 Å². The van der Waals surface area contributed by atoms with Crippen LogP contribution in [0.1, 0.15) is 17.3 Å². The number of nitrogens with zero attached hydrogens (tertiary/aromatic N) is 1. The number of benzene rings is 2. The molecule has 0 atom stereocenters. The summed E-state index contributed by atoms with van der Waals surface area (Å²) in [5.41, 5.74) is 0.469. The van der Waals surface area contributed by atoms with Crippen molar-refractivity contribution in [3.8, 4) is 0 Å². The Morgan fingerprint density at radius 3 is 2.50 bits per heavy atom. The van der Waals surface area contributed by atoms with Crippen LogP contribution in [0.2, 0.25) is 0 Å². The molecule has 0 saturated heterocycles. The van der Waals surface area contributed by atoms with Crippen molar-refractivity contribution in [2.45, 2.75) is 6.92 Å². The summed E-state index contributed by atoms with van der Waals surface area (Å²) in [6.07, 6.45) is 0. The molecule has 2 aromatic rings. The van der Waals surface area contributed by atoms with Crippen molar-refractivity contribution in [3.05, 3.63) is 52.1 Å². The summed E-state index contributed by atoms with van der Waals surface area (Å²) in [7, 11) is 0. The Balaban J connectivity index is 2.68. The van der Waals surface area contributed by atoms with E-state index < -0.39 is 4.92 Å². The standard InChI is InChI=1S/C13H12N2O3/c1-2-14-13(16)11-7-8-12(15(17)18)10-6-4-3-5-9(10)11/h3-8H,2H2,1H3,(H,14,16). The van der Waals surface area contributed by atoms with E-state index in [1.165, 1.54) is 12.1 Å². The largest absolute Gasteiger partial charge is 0.352 e. The Labute approximate surface area is 104 Å². The van der Waals surface area contributed by atoms with Gasteiger partial charge >= 0.3 is 0 Å². The van der Waals surface area contributed by atoms with Gasteiger partial charge in [-0.3, -0.25) is 14.9 Å². The Hall–Kier alpha value is -2.43. The smallest absolute Gasteiger partial charge is 0.277 e. The van der Waals surface area contributed by atoms with Gasteiger partial charge in [-0.05, 0) is 19.1 Å². The number of nitro groups is 1. The minimum atomic E-state index is -0.441. The van der Waals surface area contributed by atoms with Crippen molar-refractivity contribution in [2.75, 3.05) is 6.54 Å². The molecule has 0 fully saturated rings. The monoisotopic (exact) mass is 244 g/mol. The van der Waals surface area contributed by atoms with Crippen LogP contribution in [0.15, 0.2) is 36.4 Å². The number of hydrogen-bond acceptors (Lipinski definition) is 3. The van der Waals surface area contributed by atoms with E-state index in [0.717, 1.165) is 0 Å². The third-order valence-electron chi connectivity index (χ3n) is 2.68. The molecule has 0 unspecified atom stereocenters. The van der Waals surface area contributed by atoms with Gasteiger partial charge in [0.05, 0.1) is 10.3 Å². The molecular formula is C13H12N2O3. The van der Waals surface area contributed by atoms with Gasteiger partial charge in [0.1, 0.15) is 0 Å². The van der Waals surface area contributed by atoms with Crippen LogP contribution in [0.3, 0.4) is 0 Å². The topological polar surface area (TPSA) is 72.2 Å².